The van der Waals surface area contributed by atoms with E-state index in [1.807, 2.05) is 29.2 Å². The van der Waals surface area contributed by atoms with Crippen molar-refractivity contribution in [3.8, 4) is 0 Å². The summed E-state index contributed by atoms with van der Waals surface area (Å²) in [5.41, 5.74) is 0. The minimum Gasteiger partial charge on any atom is -0.310 e. The van der Waals surface area contributed by atoms with Gasteiger partial charge in [0.2, 0.25) is 5.91 Å². The fourth-order valence-corrected chi connectivity index (χ4v) is 3.29. The zero-order valence-electron chi connectivity index (χ0n) is 13.0. The predicted molar refractivity (Wildman–Crippen MR) is 89.1 cm³/mol. The zero-order valence-corrected chi connectivity index (χ0v) is 13.8. The van der Waals surface area contributed by atoms with Crippen LogP contribution < -0.4 is 5.32 Å². The quantitative estimate of drug-likeness (QED) is 0.854. The largest absolute Gasteiger partial charge is 0.310 e. The third kappa shape index (κ3) is 3.75. The van der Waals surface area contributed by atoms with Crippen LogP contribution in [0, 0.1) is 5.92 Å². The van der Waals surface area contributed by atoms with E-state index in [9.17, 15) is 4.79 Å². The molecule has 1 atom stereocenters. The zero-order chi connectivity index (χ0) is 15.5. The molecule has 0 aliphatic heterocycles. The normalized spacial score (nSPS) is 16.0. The Morgan fingerprint density at radius 1 is 1.55 bits per heavy atom. The van der Waals surface area contributed by atoms with Crippen molar-refractivity contribution in [3.05, 3.63) is 34.7 Å². The van der Waals surface area contributed by atoms with Gasteiger partial charge in [0.25, 0.3) is 0 Å². The van der Waals surface area contributed by atoms with E-state index in [1.54, 1.807) is 17.5 Å². The van der Waals surface area contributed by atoms with Crippen LogP contribution in [0.1, 0.15) is 24.6 Å². The molecule has 22 heavy (non-hydrogen) atoms. The van der Waals surface area contributed by atoms with Crippen molar-refractivity contribution in [3.63, 3.8) is 0 Å². The Labute approximate surface area is 134 Å². The fourth-order valence-electron chi connectivity index (χ4n) is 2.61. The molecule has 1 saturated carbocycles. The van der Waals surface area contributed by atoms with E-state index in [1.165, 1.54) is 17.7 Å². The van der Waals surface area contributed by atoms with Crippen LogP contribution in [0.5, 0.6) is 0 Å². The van der Waals surface area contributed by atoms with Gasteiger partial charge in [0.05, 0.1) is 19.3 Å². The number of hydrogen-bond donors (Lipinski definition) is 1. The van der Waals surface area contributed by atoms with Gasteiger partial charge >= 0.3 is 0 Å². The van der Waals surface area contributed by atoms with Gasteiger partial charge in [-0.3, -0.25) is 9.69 Å². The molecule has 2 heterocycles. The second-order valence-corrected chi connectivity index (χ2v) is 7.03. The highest BCUT2D eigenvalue weighted by Crippen LogP contribution is 2.34. The average molecular weight is 318 g/mol. The molecule has 1 N–H and O–H groups in total. The molecule has 0 saturated heterocycles. The number of carbonyl (C=O) groups is 1. The molecule has 1 amide bonds. The second-order valence-electron chi connectivity index (χ2n) is 5.99. The van der Waals surface area contributed by atoms with Crippen LogP contribution >= 0.6 is 11.3 Å². The van der Waals surface area contributed by atoms with Gasteiger partial charge in [-0.1, -0.05) is 6.07 Å². The first-order valence-electron chi connectivity index (χ1n) is 7.68. The highest BCUT2D eigenvalue weighted by molar-refractivity contribution is 7.09. The average Bonchev–Trinajstić information content (AvgIpc) is 3.05. The van der Waals surface area contributed by atoms with Gasteiger partial charge in [0.15, 0.2) is 0 Å². The van der Waals surface area contributed by atoms with Crippen LogP contribution in [-0.4, -0.2) is 40.2 Å². The van der Waals surface area contributed by atoms with E-state index in [0.29, 0.717) is 19.1 Å². The van der Waals surface area contributed by atoms with E-state index in [2.05, 4.69) is 28.3 Å². The molecule has 6 heteroatoms. The first-order chi connectivity index (χ1) is 10.6. The molecule has 118 valence electrons. The van der Waals surface area contributed by atoms with E-state index < -0.39 is 0 Å². The number of thiophene rings is 1. The lowest BCUT2D eigenvalue weighted by Crippen LogP contribution is -2.37. The highest BCUT2D eigenvalue weighted by Gasteiger charge is 2.31. The second kappa shape index (κ2) is 6.62. The first-order valence-corrected chi connectivity index (χ1v) is 8.55. The molecule has 2 aromatic rings. The number of nitrogens with zero attached hydrogens (tertiary/aromatic N) is 3. The summed E-state index contributed by atoms with van der Waals surface area (Å²) < 4.78 is 1.83. The Kier molecular flexibility index (Phi) is 4.59. The van der Waals surface area contributed by atoms with Crippen molar-refractivity contribution in [1.29, 1.82) is 0 Å². The fraction of sp³-hybridized carbons (Fsp3) is 0.500. The number of rotatable bonds is 7. The van der Waals surface area contributed by atoms with Crippen molar-refractivity contribution in [2.45, 2.75) is 32.4 Å². The molecule has 1 aliphatic rings. The van der Waals surface area contributed by atoms with Gasteiger partial charge in [-0.2, -0.15) is 5.10 Å². The molecule has 0 radical (unpaired) electrons. The smallest absolute Gasteiger partial charge is 0.239 e. The SMILES string of the molecule is C[C@H](C1CC1)N(C)CC(=O)Nc1ccnn1Cc1cccs1. The number of carbonyl (C=O) groups excluding carboxylic acids is 1. The van der Waals surface area contributed by atoms with Crippen LogP contribution in [0.3, 0.4) is 0 Å². The van der Waals surface area contributed by atoms with Gasteiger partial charge in [0, 0.05) is 17.0 Å². The first kappa shape index (κ1) is 15.2. The highest BCUT2D eigenvalue weighted by atomic mass is 32.1. The van der Waals surface area contributed by atoms with Crippen LogP contribution in [0.2, 0.25) is 0 Å². The minimum absolute atomic E-state index is 0.0166. The number of likely N-dealkylation sites (N-methyl/N-ethyl adjacent to an activating group) is 1. The Balaban J connectivity index is 1.56. The molecule has 5 nitrogen and oxygen atoms in total. The van der Waals surface area contributed by atoms with Crippen molar-refractivity contribution in [2.75, 3.05) is 18.9 Å². The van der Waals surface area contributed by atoms with E-state index >= 15 is 0 Å². The van der Waals surface area contributed by atoms with Crippen LogP contribution in [-0.2, 0) is 11.3 Å². The number of hydrogen-bond acceptors (Lipinski definition) is 4. The molecule has 1 aliphatic carbocycles. The monoisotopic (exact) mass is 318 g/mol. The summed E-state index contributed by atoms with van der Waals surface area (Å²) in [7, 11) is 2.02. The molecule has 1 fully saturated rings. The maximum Gasteiger partial charge on any atom is 0.239 e. The van der Waals surface area contributed by atoms with E-state index in [0.717, 1.165) is 11.7 Å². The Morgan fingerprint density at radius 3 is 3.05 bits per heavy atom. The number of amides is 1. The topological polar surface area (TPSA) is 50.2 Å². The molecule has 0 bridgehead atoms. The third-order valence-electron chi connectivity index (χ3n) is 4.26. The van der Waals surface area contributed by atoms with Crippen molar-refractivity contribution in [2.24, 2.45) is 5.92 Å². The van der Waals surface area contributed by atoms with Gasteiger partial charge in [-0.25, -0.2) is 4.68 Å². The van der Waals surface area contributed by atoms with Gasteiger partial charge < -0.3 is 5.32 Å². The number of aromatic nitrogens is 2. The van der Waals surface area contributed by atoms with Crippen molar-refractivity contribution < 1.29 is 4.79 Å². The molecular formula is C16H22N4OS. The molecule has 3 rings (SSSR count). The standard InChI is InChI=1S/C16H22N4OS/c1-12(13-5-6-13)19(2)11-16(21)18-15-7-8-17-20(15)10-14-4-3-9-22-14/h3-4,7-9,12-13H,5-6,10-11H2,1-2H3,(H,18,21)/t12-/m1/s1. The molecule has 0 unspecified atom stereocenters. The minimum atomic E-state index is 0.0166. The Bertz CT molecular complexity index is 618. The summed E-state index contributed by atoms with van der Waals surface area (Å²) in [5, 5.41) is 9.31. The molecule has 2 aromatic heterocycles. The maximum absolute atomic E-state index is 12.2. The Hall–Kier alpha value is -1.66. The van der Waals surface area contributed by atoms with Crippen molar-refractivity contribution >= 4 is 23.1 Å². The van der Waals surface area contributed by atoms with Crippen molar-refractivity contribution in [1.82, 2.24) is 14.7 Å². The van der Waals surface area contributed by atoms with E-state index in [4.69, 9.17) is 0 Å². The van der Waals surface area contributed by atoms with Gasteiger partial charge in [0.1, 0.15) is 5.82 Å². The summed E-state index contributed by atoms with van der Waals surface area (Å²) >= 11 is 1.69. The summed E-state index contributed by atoms with van der Waals surface area (Å²) in [6, 6.07) is 6.41. The lowest BCUT2D eigenvalue weighted by Gasteiger charge is -2.23. The third-order valence-corrected chi connectivity index (χ3v) is 5.12. The van der Waals surface area contributed by atoms with Crippen LogP contribution in [0.25, 0.3) is 0 Å². The molecule has 0 spiro atoms. The predicted octanol–water partition coefficient (Wildman–Crippen LogP) is 2.66. The molecular weight excluding hydrogens is 296 g/mol. The summed E-state index contributed by atoms with van der Waals surface area (Å²) in [6.45, 7) is 3.31. The molecule has 0 aromatic carbocycles. The van der Waals surface area contributed by atoms with Gasteiger partial charge in [-0.15, -0.1) is 11.3 Å². The Morgan fingerprint density at radius 2 is 2.36 bits per heavy atom. The summed E-state index contributed by atoms with van der Waals surface area (Å²) in [6.07, 6.45) is 4.31. The van der Waals surface area contributed by atoms with Gasteiger partial charge in [-0.05, 0) is 44.2 Å². The van der Waals surface area contributed by atoms with E-state index in [-0.39, 0.29) is 5.91 Å². The summed E-state index contributed by atoms with van der Waals surface area (Å²) in [5.74, 6) is 1.54. The lowest BCUT2D eigenvalue weighted by molar-refractivity contribution is -0.117. The maximum atomic E-state index is 12.2. The van der Waals surface area contributed by atoms with Crippen LogP contribution in [0.15, 0.2) is 29.8 Å². The number of anilines is 1. The van der Waals surface area contributed by atoms with Crippen LogP contribution in [0.4, 0.5) is 5.82 Å². The lowest BCUT2D eigenvalue weighted by atomic mass is 10.2. The summed E-state index contributed by atoms with van der Waals surface area (Å²) in [4.78, 5) is 15.6. The number of nitrogens with one attached hydrogen (secondary N) is 1.